The molecule has 9 atom stereocenters. The van der Waals surface area contributed by atoms with E-state index in [4.69, 9.17) is 5.11 Å². The maximum absolute atomic E-state index is 11.9. The van der Waals surface area contributed by atoms with Gasteiger partial charge in [-0.25, -0.2) is 9.36 Å². The van der Waals surface area contributed by atoms with Crippen LogP contribution in [-0.2, 0) is 37.5 Å². The first-order chi connectivity index (χ1) is 14.7. The molecule has 8 N–H and O–H groups in total. The topological polar surface area (TPSA) is 275 Å². The summed E-state index contributed by atoms with van der Waals surface area (Å²) in [6.45, 7) is -1.36. The van der Waals surface area contributed by atoms with E-state index >= 15 is 0 Å². The van der Waals surface area contributed by atoms with Gasteiger partial charge in [-0.3, -0.25) is 13.8 Å². The molecule has 0 spiro atoms. The molecule has 0 aromatic carbocycles. The largest absolute Gasteiger partial charge is 0.473 e. The van der Waals surface area contributed by atoms with Crippen LogP contribution >= 0.6 is 7.82 Å². The van der Waals surface area contributed by atoms with E-state index in [-0.39, 0.29) is 12.6 Å². The van der Waals surface area contributed by atoms with Gasteiger partial charge in [-0.05, 0) is 0 Å². The number of Topliss-reactive ketones (excluding diaryl/α,β-unsaturated/α-hetero) is 1. The molecule has 1 unspecified atom stereocenters. The number of phosphoric acid groups is 1. The molecule has 0 aliphatic carbocycles. The second kappa shape index (κ2) is 13.8. The number of rotatable bonds is 16. The van der Waals surface area contributed by atoms with Crippen LogP contribution in [0.15, 0.2) is 0 Å². The molecule has 0 rings (SSSR count). The molecule has 0 aromatic rings. The number of ether oxygens (including phenoxy) is 1. The van der Waals surface area contributed by atoms with Crippen molar-refractivity contribution in [1.82, 2.24) is 0 Å². The molecule has 32 heavy (non-hydrogen) atoms. The average Bonchev–Trinajstić information content (AvgIpc) is 2.76. The Morgan fingerprint density at radius 3 is 1.81 bits per heavy atom. The van der Waals surface area contributed by atoms with Crippen molar-refractivity contribution in [2.24, 2.45) is 0 Å². The molecule has 0 aliphatic heterocycles. The van der Waals surface area contributed by atoms with Crippen molar-refractivity contribution in [2.45, 2.75) is 55.8 Å². The van der Waals surface area contributed by atoms with Crippen LogP contribution in [0.3, 0.4) is 0 Å². The van der Waals surface area contributed by atoms with Gasteiger partial charge in [-0.2, -0.15) is 0 Å². The van der Waals surface area contributed by atoms with Crippen molar-refractivity contribution >= 4 is 32.1 Å². The van der Waals surface area contributed by atoms with Gasteiger partial charge in [0.05, 0.1) is 6.61 Å². The third-order valence-electron chi connectivity index (χ3n) is 3.78. The van der Waals surface area contributed by atoms with Crippen molar-refractivity contribution in [3.63, 3.8) is 0 Å². The van der Waals surface area contributed by atoms with Gasteiger partial charge in [0.25, 0.3) is 0 Å². The summed E-state index contributed by atoms with van der Waals surface area (Å²) < 4.78 is 24.8. The van der Waals surface area contributed by atoms with Gasteiger partial charge in [-0.15, -0.1) is 0 Å². The smallest absolute Gasteiger partial charge is 0.457 e. The normalized spacial score (nSPS) is 21.0. The maximum atomic E-state index is 11.9. The molecule has 0 saturated carbocycles. The highest BCUT2D eigenvalue weighted by Crippen LogP contribution is 2.45. The number of carbonyl (C=O) groups is 4. The maximum Gasteiger partial charge on any atom is 0.473 e. The van der Waals surface area contributed by atoms with Gasteiger partial charge in [0.2, 0.25) is 5.78 Å². The number of aliphatic hydroxyl groups excluding tert-OH is 7. The number of ketones is 1. The van der Waals surface area contributed by atoms with Gasteiger partial charge < -0.3 is 55.0 Å². The number of hydrogen-bond donors (Lipinski definition) is 8. The summed E-state index contributed by atoms with van der Waals surface area (Å²) in [5.74, 6) is -2.39. The summed E-state index contributed by atoms with van der Waals surface area (Å²) >= 11 is 0. The van der Waals surface area contributed by atoms with Crippen LogP contribution < -0.4 is 0 Å². The predicted octanol–water partition coefficient (Wildman–Crippen LogP) is -5.46. The monoisotopic (exact) mass is 492 g/mol. The zero-order valence-corrected chi connectivity index (χ0v) is 17.4. The first kappa shape index (κ1) is 30.3. The Bertz CT molecular complexity index is 684. The summed E-state index contributed by atoms with van der Waals surface area (Å²) in [5.41, 5.74) is 0. The fourth-order valence-corrected chi connectivity index (χ4v) is 2.80. The van der Waals surface area contributed by atoms with E-state index < -0.39 is 81.6 Å². The Kier molecular flexibility index (Phi) is 13.0. The summed E-state index contributed by atoms with van der Waals surface area (Å²) in [6, 6.07) is 0. The molecule has 0 radical (unpaired) electrons. The van der Waals surface area contributed by atoms with Crippen molar-refractivity contribution in [3.05, 3.63) is 0 Å². The Morgan fingerprint density at radius 2 is 1.34 bits per heavy atom. The minimum Gasteiger partial charge on any atom is -0.457 e. The molecular formula is C15H25O16P. The zero-order valence-electron chi connectivity index (χ0n) is 16.5. The fourth-order valence-electron chi connectivity index (χ4n) is 1.91. The Hall–Kier alpha value is -1.69. The Morgan fingerprint density at radius 1 is 0.844 bits per heavy atom. The Labute approximate surface area is 180 Å². The second-order valence-electron chi connectivity index (χ2n) is 6.35. The summed E-state index contributed by atoms with van der Waals surface area (Å²) in [7, 11) is -5.29. The molecule has 0 amide bonds. The van der Waals surface area contributed by atoms with Gasteiger partial charge in [0, 0.05) is 6.92 Å². The van der Waals surface area contributed by atoms with Gasteiger partial charge in [0.1, 0.15) is 49.3 Å². The molecule has 16 nitrogen and oxygen atoms in total. The second-order valence-corrected chi connectivity index (χ2v) is 7.75. The van der Waals surface area contributed by atoms with Crippen LogP contribution in [0.5, 0.6) is 0 Å². The van der Waals surface area contributed by atoms with Crippen LogP contribution in [0.2, 0.25) is 0 Å². The first-order valence-corrected chi connectivity index (χ1v) is 10.2. The molecule has 0 heterocycles. The number of aliphatic hydroxyl groups is 7. The molecule has 0 fully saturated rings. The highest BCUT2D eigenvalue weighted by atomic mass is 31.2. The van der Waals surface area contributed by atoms with E-state index in [2.05, 4.69) is 13.8 Å². The van der Waals surface area contributed by atoms with Crippen LogP contribution in [0, 0.1) is 0 Å². The lowest BCUT2D eigenvalue weighted by Crippen LogP contribution is -2.48. The minimum absolute atomic E-state index is 0.154. The van der Waals surface area contributed by atoms with Crippen molar-refractivity contribution < 1.29 is 78.2 Å². The van der Waals surface area contributed by atoms with Crippen molar-refractivity contribution in [1.29, 1.82) is 0 Å². The van der Waals surface area contributed by atoms with E-state index in [1.807, 2.05) is 0 Å². The minimum atomic E-state index is -5.29. The lowest BCUT2D eigenvalue weighted by Gasteiger charge is -2.28. The van der Waals surface area contributed by atoms with E-state index in [1.165, 1.54) is 0 Å². The lowest BCUT2D eigenvalue weighted by atomic mass is 10.0. The van der Waals surface area contributed by atoms with Crippen LogP contribution in [0.25, 0.3) is 0 Å². The number of phosphoric ester groups is 1. The van der Waals surface area contributed by atoms with Gasteiger partial charge in [0.15, 0.2) is 18.7 Å². The van der Waals surface area contributed by atoms with Crippen LogP contribution in [0.4, 0.5) is 0 Å². The van der Waals surface area contributed by atoms with E-state index in [0.29, 0.717) is 0 Å². The van der Waals surface area contributed by atoms with Crippen molar-refractivity contribution in [2.75, 3.05) is 13.2 Å². The molecule has 0 bridgehead atoms. The third kappa shape index (κ3) is 9.85. The fraction of sp³-hybridized carbons (Fsp3) is 0.733. The lowest BCUT2D eigenvalue weighted by molar-refractivity contribution is -0.161. The van der Waals surface area contributed by atoms with Crippen LogP contribution in [-0.4, -0.2) is 127 Å². The first-order valence-electron chi connectivity index (χ1n) is 8.69. The summed E-state index contributed by atoms with van der Waals surface area (Å²) in [6.07, 6.45) is -18.0. The highest BCUT2D eigenvalue weighted by Gasteiger charge is 2.39. The van der Waals surface area contributed by atoms with E-state index in [1.54, 1.807) is 0 Å². The van der Waals surface area contributed by atoms with Crippen molar-refractivity contribution in [3.8, 4) is 0 Å². The SMILES string of the molecule is CC(=O)C(=O)OC[C@@H](O)[C@@H](O)[C@H](O)[C@H](C=O)OP(=O)(O)OC[C@@H](O)[C@@H](O)[C@H](O)[C@@H](O)C=O. The number of carbonyl (C=O) groups excluding carboxylic acids is 4. The number of aldehydes is 2. The molecular weight excluding hydrogens is 467 g/mol. The Balaban J connectivity index is 4.92. The summed E-state index contributed by atoms with van der Waals surface area (Å²) in [5, 5.41) is 66.9. The van der Waals surface area contributed by atoms with Gasteiger partial charge >= 0.3 is 13.8 Å². The molecule has 0 aromatic heterocycles. The quantitative estimate of drug-likeness (QED) is 0.0432. The molecule has 186 valence electrons. The third-order valence-corrected chi connectivity index (χ3v) is 4.77. The van der Waals surface area contributed by atoms with Gasteiger partial charge in [-0.1, -0.05) is 0 Å². The van der Waals surface area contributed by atoms with E-state index in [0.717, 1.165) is 6.92 Å². The average molecular weight is 492 g/mol. The summed E-state index contributed by atoms with van der Waals surface area (Å²) in [4.78, 5) is 52.7. The zero-order chi connectivity index (χ0) is 25.2. The number of hydrogen-bond acceptors (Lipinski definition) is 15. The van der Waals surface area contributed by atoms with Crippen LogP contribution in [0.1, 0.15) is 6.92 Å². The predicted molar refractivity (Wildman–Crippen MR) is 96.5 cm³/mol. The molecule has 0 saturated heterocycles. The number of esters is 1. The standard InChI is InChI=1S/C15H25O16P/c1-6(18)15(26)29-4-8(20)13(24)14(25)10(3-17)31-32(27,28)30-5-9(21)12(23)11(22)7(19)2-16/h2-3,7-14,19-25H,4-5H2,1H3,(H,27,28)/t7-,8+,9+,10-,11+,12+,13+,14+/m0/s1. The molecule has 0 aliphatic rings. The van der Waals surface area contributed by atoms with E-state index in [9.17, 15) is 59.3 Å². The highest BCUT2D eigenvalue weighted by molar-refractivity contribution is 7.47. The molecule has 17 heteroatoms.